The molecule has 10 heavy (non-hydrogen) atoms. The maximum Gasteiger partial charge on any atom is 0.211 e. The first-order valence-electron chi connectivity index (χ1n) is 3.45. The fourth-order valence-corrected chi connectivity index (χ4v) is 0.710. The van der Waals surface area contributed by atoms with E-state index in [4.69, 9.17) is 4.74 Å². The summed E-state index contributed by atoms with van der Waals surface area (Å²) in [7, 11) is 1.87. The van der Waals surface area contributed by atoms with Crippen molar-refractivity contribution in [1.29, 1.82) is 0 Å². The van der Waals surface area contributed by atoms with Crippen molar-refractivity contribution in [3.8, 4) is 5.88 Å². The molecule has 0 bridgehead atoms. The lowest BCUT2D eigenvalue weighted by Gasteiger charge is -2.02. The molecule has 0 aliphatic heterocycles. The van der Waals surface area contributed by atoms with Gasteiger partial charge in [0.25, 0.3) is 0 Å². The number of hydrogen-bond donors (Lipinski definition) is 0. The van der Waals surface area contributed by atoms with E-state index in [1.807, 2.05) is 13.1 Å². The predicted molar refractivity (Wildman–Crippen MR) is 39.0 cm³/mol. The lowest BCUT2D eigenvalue weighted by molar-refractivity contribution is 0.290. The molecule has 0 amide bonds. The van der Waals surface area contributed by atoms with Crippen LogP contribution in [0.15, 0.2) is 12.3 Å². The Kier molecular flexibility index (Phi) is 2.31. The van der Waals surface area contributed by atoms with E-state index in [0.717, 1.165) is 18.9 Å². The molecular weight excluding hydrogens is 128 g/mol. The molecule has 0 fully saturated rings. The zero-order valence-corrected chi connectivity index (χ0v) is 6.37. The van der Waals surface area contributed by atoms with Crippen LogP contribution in [0.5, 0.6) is 5.88 Å². The van der Waals surface area contributed by atoms with Gasteiger partial charge in [-0.15, -0.1) is 0 Å². The van der Waals surface area contributed by atoms with E-state index in [2.05, 4.69) is 12.0 Å². The van der Waals surface area contributed by atoms with Gasteiger partial charge in [0, 0.05) is 13.1 Å². The van der Waals surface area contributed by atoms with Crippen molar-refractivity contribution >= 4 is 0 Å². The largest absolute Gasteiger partial charge is 0.478 e. The third-order valence-corrected chi connectivity index (χ3v) is 1.23. The fourth-order valence-electron chi connectivity index (χ4n) is 0.710. The summed E-state index contributed by atoms with van der Waals surface area (Å²) in [5.41, 5.74) is 0. The first-order chi connectivity index (χ1) is 4.84. The normalized spacial score (nSPS) is 9.80. The molecule has 1 heterocycles. The van der Waals surface area contributed by atoms with Gasteiger partial charge >= 0.3 is 0 Å². The molecule has 0 atom stereocenters. The molecule has 56 valence electrons. The smallest absolute Gasteiger partial charge is 0.211 e. The molecule has 1 aromatic rings. The number of hydrogen-bond acceptors (Lipinski definition) is 2. The fraction of sp³-hybridized carbons (Fsp3) is 0.571. The standard InChI is InChI=1S/C7H12N2O/c1-3-6-10-7-4-5-8-9(7)2/h4-5H,3,6H2,1-2H3. The van der Waals surface area contributed by atoms with Gasteiger partial charge in [0.1, 0.15) is 0 Å². The summed E-state index contributed by atoms with van der Waals surface area (Å²) >= 11 is 0. The van der Waals surface area contributed by atoms with Crippen LogP contribution in [-0.2, 0) is 7.05 Å². The van der Waals surface area contributed by atoms with Crippen LogP contribution in [0, 0.1) is 0 Å². The second-order valence-electron chi connectivity index (χ2n) is 2.14. The van der Waals surface area contributed by atoms with E-state index < -0.39 is 0 Å². The highest BCUT2D eigenvalue weighted by Gasteiger charge is 1.95. The van der Waals surface area contributed by atoms with E-state index in [1.165, 1.54) is 0 Å². The Bertz CT molecular complexity index is 195. The molecular formula is C7H12N2O. The Morgan fingerprint density at radius 1 is 1.70 bits per heavy atom. The highest BCUT2D eigenvalue weighted by molar-refractivity contribution is 5.06. The molecule has 0 spiro atoms. The Morgan fingerprint density at radius 2 is 2.50 bits per heavy atom. The van der Waals surface area contributed by atoms with Crippen molar-refractivity contribution in [1.82, 2.24) is 9.78 Å². The summed E-state index contributed by atoms with van der Waals surface area (Å²) in [5.74, 6) is 0.835. The molecule has 0 aliphatic rings. The van der Waals surface area contributed by atoms with Crippen molar-refractivity contribution < 1.29 is 4.74 Å². The third kappa shape index (κ3) is 1.50. The summed E-state index contributed by atoms with van der Waals surface area (Å²) in [6, 6.07) is 1.86. The number of ether oxygens (including phenoxy) is 1. The minimum Gasteiger partial charge on any atom is -0.478 e. The molecule has 0 N–H and O–H groups in total. The molecule has 0 unspecified atom stereocenters. The third-order valence-electron chi connectivity index (χ3n) is 1.23. The van der Waals surface area contributed by atoms with Gasteiger partial charge in [0.05, 0.1) is 12.8 Å². The Labute approximate surface area is 60.6 Å². The van der Waals surface area contributed by atoms with E-state index in [1.54, 1.807) is 10.9 Å². The van der Waals surface area contributed by atoms with Crippen LogP contribution in [0.4, 0.5) is 0 Å². The van der Waals surface area contributed by atoms with Crippen molar-refractivity contribution in [2.45, 2.75) is 13.3 Å². The van der Waals surface area contributed by atoms with Crippen LogP contribution < -0.4 is 4.74 Å². The van der Waals surface area contributed by atoms with Gasteiger partial charge in [-0.25, -0.2) is 4.68 Å². The number of nitrogens with zero attached hydrogens (tertiary/aromatic N) is 2. The quantitative estimate of drug-likeness (QED) is 0.631. The van der Waals surface area contributed by atoms with Crippen molar-refractivity contribution in [2.24, 2.45) is 7.05 Å². The highest BCUT2D eigenvalue weighted by Crippen LogP contribution is 2.06. The first kappa shape index (κ1) is 7.12. The minimum absolute atomic E-state index is 0.763. The molecule has 3 nitrogen and oxygen atoms in total. The summed E-state index contributed by atoms with van der Waals surface area (Å²) < 4.78 is 7.04. The maximum atomic E-state index is 5.33. The SMILES string of the molecule is CCCOc1ccnn1C. The average molecular weight is 140 g/mol. The zero-order chi connectivity index (χ0) is 7.40. The van der Waals surface area contributed by atoms with Crippen molar-refractivity contribution in [3.63, 3.8) is 0 Å². The van der Waals surface area contributed by atoms with Crippen molar-refractivity contribution in [3.05, 3.63) is 12.3 Å². The Hall–Kier alpha value is -0.990. The molecule has 1 rings (SSSR count). The predicted octanol–water partition coefficient (Wildman–Crippen LogP) is 1.21. The van der Waals surface area contributed by atoms with Gasteiger partial charge in [-0.1, -0.05) is 6.92 Å². The maximum absolute atomic E-state index is 5.33. The van der Waals surface area contributed by atoms with Gasteiger partial charge in [-0.05, 0) is 6.42 Å². The van der Waals surface area contributed by atoms with Gasteiger partial charge in [0.15, 0.2) is 0 Å². The second-order valence-corrected chi connectivity index (χ2v) is 2.14. The van der Waals surface area contributed by atoms with Crippen LogP contribution in [-0.4, -0.2) is 16.4 Å². The van der Waals surface area contributed by atoms with Gasteiger partial charge < -0.3 is 4.74 Å². The molecule has 0 radical (unpaired) electrons. The molecule has 0 saturated heterocycles. The zero-order valence-electron chi connectivity index (χ0n) is 6.37. The lowest BCUT2D eigenvalue weighted by atomic mass is 10.5. The monoisotopic (exact) mass is 140 g/mol. The second kappa shape index (κ2) is 3.25. The van der Waals surface area contributed by atoms with Crippen LogP contribution in [0.1, 0.15) is 13.3 Å². The minimum atomic E-state index is 0.763. The molecule has 0 aliphatic carbocycles. The Balaban J connectivity index is 2.49. The number of aromatic nitrogens is 2. The summed E-state index contributed by atoms with van der Waals surface area (Å²) in [5, 5.41) is 3.96. The summed E-state index contributed by atoms with van der Waals surface area (Å²) in [6.45, 7) is 2.84. The van der Waals surface area contributed by atoms with Gasteiger partial charge in [0.2, 0.25) is 5.88 Å². The van der Waals surface area contributed by atoms with E-state index in [9.17, 15) is 0 Å². The van der Waals surface area contributed by atoms with Gasteiger partial charge in [-0.3, -0.25) is 0 Å². The topological polar surface area (TPSA) is 27.1 Å². The van der Waals surface area contributed by atoms with E-state index >= 15 is 0 Å². The Morgan fingerprint density at radius 3 is 3.00 bits per heavy atom. The average Bonchev–Trinajstić information content (AvgIpc) is 2.31. The van der Waals surface area contributed by atoms with Crippen LogP contribution in [0.25, 0.3) is 0 Å². The summed E-state index contributed by atoms with van der Waals surface area (Å²) in [6.07, 6.45) is 2.76. The molecule has 0 aromatic carbocycles. The summed E-state index contributed by atoms with van der Waals surface area (Å²) in [4.78, 5) is 0. The molecule has 3 heteroatoms. The van der Waals surface area contributed by atoms with Crippen molar-refractivity contribution in [2.75, 3.05) is 6.61 Å². The van der Waals surface area contributed by atoms with Crippen LogP contribution >= 0.6 is 0 Å². The van der Waals surface area contributed by atoms with E-state index in [0.29, 0.717) is 0 Å². The highest BCUT2D eigenvalue weighted by atomic mass is 16.5. The first-order valence-corrected chi connectivity index (χ1v) is 3.45. The number of rotatable bonds is 3. The molecule has 1 aromatic heterocycles. The molecule has 0 saturated carbocycles. The van der Waals surface area contributed by atoms with Crippen LogP contribution in [0.2, 0.25) is 0 Å². The van der Waals surface area contributed by atoms with Crippen LogP contribution in [0.3, 0.4) is 0 Å². The van der Waals surface area contributed by atoms with Gasteiger partial charge in [-0.2, -0.15) is 5.10 Å². The lowest BCUT2D eigenvalue weighted by Crippen LogP contribution is -2.00. The number of aryl methyl sites for hydroxylation is 1. The van der Waals surface area contributed by atoms with E-state index in [-0.39, 0.29) is 0 Å².